The number of hydrogen-bond acceptors (Lipinski definition) is 2. The van der Waals surface area contributed by atoms with Crippen molar-refractivity contribution in [2.24, 2.45) is 0 Å². The van der Waals surface area contributed by atoms with E-state index in [0.29, 0.717) is 6.10 Å². The van der Waals surface area contributed by atoms with Gasteiger partial charge in [-0.2, -0.15) is 0 Å². The zero-order valence-corrected chi connectivity index (χ0v) is 9.73. The lowest BCUT2D eigenvalue weighted by atomic mass is 10.2. The fourth-order valence-electron chi connectivity index (χ4n) is 2.19. The SMILES string of the molecule is CC1CN(Cc2ccccc2)C(C)(C)O1. The van der Waals surface area contributed by atoms with Gasteiger partial charge in [-0.3, -0.25) is 4.90 Å². The molecule has 0 bridgehead atoms. The van der Waals surface area contributed by atoms with E-state index in [9.17, 15) is 0 Å². The fraction of sp³-hybridized carbons (Fsp3) is 0.538. The van der Waals surface area contributed by atoms with E-state index in [2.05, 4.69) is 56.0 Å². The van der Waals surface area contributed by atoms with Crippen molar-refractivity contribution in [2.75, 3.05) is 6.54 Å². The highest BCUT2D eigenvalue weighted by atomic mass is 16.5. The van der Waals surface area contributed by atoms with E-state index in [0.717, 1.165) is 13.1 Å². The van der Waals surface area contributed by atoms with Gasteiger partial charge in [-0.15, -0.1) is 0 Å². The normalized spacial score (nSPS) is 25.7. The first-order chi connectivity index (χ1) is 7.08. The monoisotopic (exact) mass is 205 g/mol. The summed E-state index contributed by atoms with van der Waals surface area (Å²) in [6, 6.07) is 10.6. The minimum atomic E-state index is -0.130. The first-order valence-electron chi connectivity index (χ1n) is 5.55. The molecular formula is C13H19NO. The van der Waals surface area contributed by atoms with Crippen LogP contribution in [-0.4, -0.2) is 23.3 Å². The molecule has 15 heavy (non-hydrogen) atoms. The summed E-state index contributed by atoms with van der Waals surface area (Å²) >= 11 is 0. The molecule has 1 fully saturated rings. The first-order valence-corrected chi connectivity index (χ1v) is 5.55. The zero-order valence-electron chi connectivity index (χ0n) is 9.73. The van der Waals surface area contributed by atoms with Crippen LogP contribution >= 0.6 is 0 Å². The van der Waals surface area contributed by atoms with Crippen LogP contribution in [0.3, 0.4) is 0 Å². The van der Waals surface area contributed by atoms with Crippen LogP contribution in [0, 0.1) is 0 Å². The molecule has 2 rings (SSSR count). The van der Waals surface area contributed by atoms with Crippen LogP contribution in [0.2, 0.25) is 0 Å². The zero-order chi connectivity index (χ0) is 10.9. The summed E-state index contributed by atoms with van der Waals surface area (Å²) in [7, 11) is 0. The van der Waals surface area contributed by atoms with E-state index in [-0.39, 0.29) is 5.72 Å². The Morgan fingerprint density at radius 3 is 2.53 bits per heavy atom. The summed E-state index contributed by atoms with van der Waals surface area (Å²) in [4.78, 5) is 2.38. The van der Waals surface area contributed by atoms with Crippen molar-refractivity contribution in [3.63, 3.8) is 0 Å². The Labute approximate surface area is 91.9 Å². The molecule has 0 N–H and O–H groups in total. The largest absolute Gasteiger partial charge is 0.357 e. The maximum absolute atomic E-state index is 5.86. The molecular weight excluding hydrogens is 186 g/mol. The maximum Gasteiger partial charge on any atom is 0.116 e. The van der Waals surface area contributed by atoms with Crippen molar-refractivity contribution < 1.29 is 4.74 Å². The molecule has 1 atom stereocenters. The van der Waals surface area contributed by atoms with Gasteiger partial charge in [0.15, 0.2) is 0 Å². The smallest absolute Gasteiger partial charge is 0.116 e. The summed E-state index contributed by atoms with van der Waals surface area (Å²) in [5, 5.41) is 0. The Balaban J connectivity index is 2.07. The molecule has 0 saturated carbocycles. The van der Waals surface area contributed by atoms with Gasteiger partial charge >= 0.3 is 0 Å². The Bertz CT molecular complexity index is 321. The van der Waals surface area contributed by atoms with Crippen molar-refractivity contribution in [3.05, 3.63) is 35.9 Å². The van der Waals surface area contributed by atoms with Crippen molar-refractivity contribution in [1.29, 1.82) is 0 Å². The summed E-state index contributed by atoms with van der Waals surface area (Å²) in [5.74, 6) is 0. The van der Waals surface area contributed by atoms with E-state index >= 15 is 0 Å². The fourth-order valence-corrected chi connectivity index (χ4v) is 2.19. The van der Waals surface area contributed by atoms with Gasteiger partial charge in [0.05, 0.1) is 6.10 Å². The summed E-state index contributed by atoms with van der Waals surface area (Å²) in [6.45, 7) is 8.39. The third-order valence-corrected chi connectivity index (χ3v) is 2.94. The van der Waals surface area contributed by atoms with Crippen molar-refractivity contribution in [2.45, 2.75) is 39.1 Å². The number of ether oxygens (including phenoxy) is 1. The quantitative estimate of drug-likeness (QED) is 0.736. The molecule has 0 aromatic heterocycles. The minimum absolute atomic E-state index is 0.130. The van der Waals surface area contributed by atoms with Crippen LogP contribution in [-0.2, 0) is 11.3 Å². The topological polar surface area (TPSA) is 12.5 Å². The van der Waals surface area contributed by atoms with Gasteiger partial charge in [0.2, 0.25) is 0 Å². The Morgan fingerprint density at radius 1 is 1.33 bits per heavy atom. The molecule has 0 aliphatic carbocycles. The van der Waals surface area contributed by atoms with Gasteiger partial charge in [-0.25, -0.2) is 0 Å². The number of nitrogens with zero attached hydrogens (tertiary/aromatic N) is 1. The molecule has 1 saturated heterocycles. The molecule has 1 aliphatic rings. The van der Waals surface area contributed by atoms with E-state index in [1.165, 1.54) is 5.56 Å². The average molecular weight is 205 g/mol. The van der Waals surface area contributed by atoms with Crippen LogP contribution in [0.15, 0.2) is 30.3 Å². The first kappa shape index (κ1) is 10.7. The second kappa shape index (κ2) is 3.95. The van der Waals surface area contributed by atoms with Crippen molar-refractivity contribution in [3.8, 4) is 0 Å². The second-order valence-corrected chi connectivity index (χ2v) is 4.74. The van der Waals surface area contributed by atoms with Gasteiger partial charge in [-0.05, 0) is 26.3 Å². The molecule has 1 heterocycles. The van der Waals surface area contributed by atoms with E-state index in [4.69, 9.17) is 4.74 Å². The van der Waals surface area contributed by atoms with Crippen LogP contribution in [0.4, 0.5) is 0 Å². The third-order valence-electron chi connectivity index (χ3n) is 2.94. The van der Waals surface area contributed by atoms with Crippen LogP contribution in [0.1, 0.15) is 26.3 Å². The highest BCUT2D eigenvalue weighted by Gasteiger charge is 2.36. The maximum atomic E-state index is 5.86. The summed E-state index contributed by atoms with van der Waals surface area (Å²) < 4.78 is 5.86. The third kappa shape index (κ3) is 2.39. The molecule has 0 spiro atoms. The predicted molar refractivity (Wildman–Crippen MR) is 61.5 cm³/mol. The van der Waals surface area contributed by atoms with Crippen molar-refractivity contribution >= 4 is 0 Å². The molecule has 2 nitrogen and oxygen atoms in total. The van der Waals surface area contributed by atoms with Gasteiger partial charge in [0.1, 0.15) is 5.72 Å². The van der Waals surface area contributed by atoms with E-state index in [1.807, 2.05) is 0 Å². The lowest BCUT2D eigenvalue weighted by molar-refractivity contribution is -0.0739. The molecule has 82 valence electrons. The molecule has 1 aromatic carbocycles. The molecule has 2 heteroatoms. The van der Waals surface area contributed by atoms with Crippen LogP contribution in [0.25, 0.3) is 0 Å². The average Bonchev–Trinajstić information content (AvgIpc) is 2.41. The van der Waals surface area contributed by atoms with Crippen molar-refractivity contribution in [1.82, 2.24) is 4.90 Å². The lowest BCUT2D eigenvalue weighted by Crippen LogP contribution is -2.38. The second-order valence-electron chi connectivity index (χ2n) is 4.74. The summed E-state index contributed by atoms with van der Waals surface area (Å²) in [5.41, 5.74) is 1.22. The Kier molecular flexibility index (Phi) is 2.81. The minimum Gasteiger partial charge on any atom is -0.357 e. The van der Waals surface area contributed by atoms with E-state index in [1.54, 1.807) is 0 Å². The molecule has 1 unspecified atom stereocenters. The van der Waals surface area contributed by atoms with Crippen LogP contribution < -0.4 is 0 Å². The highest BCUT2D eigenvalue weighted by molar-refractivity contribution is 5.15. The van der Waals surface area contributed by atoms with Gasteiger partial charge < -0.3 is 4.74 Å². The Hall–Kier alpha value is -0.860. The van der Waals surface area contributed by atoms with Gasteiger partial charge in [0, 0.05) is 13.1 Å². The number of benzene rings is 1. The molecule has 0 amide bonds. The lowest BCUT2D eigenvalue weighted by Gasteiger charge is -2.29. The standard InChI is InChI=1S/C13H19NO/c1-11-9-14(13(2,3)15-11)10-12-7-5-4-6-8-12/h4-8,11H,9-10H2,1-3H3. The van der Waals surface area contributed by atoms with Gasteiger partial charge in [0.25, 0.3) is 0 Å². The van der Waals surface area contributed by atoms with Gasteiger partial charge in [-0.1, -0.05) is 30.3 Å². The molecule has 1 aliphatic heterocycles. The predicted octanol–water partition coefficient (Wildman–Crippen LogP) is 2.64. The van der Waals surface area contributed by atoms with Crippen LogP contribution in [0.5, 0.6) is 0 Å². The number of hydrogen-bond donors (Lipinski definition) is 0. The van der Waals surface area contributed by atoms with E-state index < -0.39 is 0 Å². The Morgan fingerprint density at radius 2 is 2.00 bits per heavy atom. The molecule has 1 aromatic rings. The summed E-state index contributed by atoms with van der Waals surface area (Å²) in [6.07, 6.45) is 0.337. The molecule has 0 radical (unpaired) electrons. The highest BCUT2D eigenvalue weighted by Crippen LogP contribution is 2.27. The number of rotatable bonds is 2.